The molecule has 1 aliphatic heterocycles. The van der Waals surface area contributed by atoms with Crippen molar-refractivity contribution in [1.29, 1.82) is 0 Å². The first-order valence-corrected chi connectivity index (χ1v) is 8.66. The summed E-state index contributed by atoms with van der Waals surface area (Å²) >= 11 is 0. The van der Waals surface area contributed by atoms with Gasteiger partial charge in [-0.2, -0.15) is 0 Å². The van der Waals surface area contributed by atoms with Gasteiger partial charge in [0.15, 0.2) is 0 Å². The van der Waals surface area contributed by atoms with Crippen LogP contribution in [0.1, 0.15) is 32.8 Å². The molecule has 0 spiro atoms. The Balaban J connectivity index is 2.06. The summed E-state index contributed by atoms with van der Waals surface area (Å²) in [6, 6.07) is 7.48. The van der Waals surface area contributed by atoms with Crippen molar-refractivity contribution in [3.63, 3.8) is 0 Å². The van der Waals surface area contributed by atoms with E-state index in [1.807, 2.05) is 45.0 Å². The minimum atomic E-state index is -3.35. The average Bonchev–Trinajstić information content (AvgIpc) is 2.90. The van der Waals surface area contributed by atoms with Gasteiger partial charge in [-0.05, 0) is 33.3 Å². The lowest BCUT2D eigenvalue weighted by Gasteiger charge is -2.23. The van der Waals surface area contributed by atoms with Gasteiger partial charge in [-0.15, -0.1) is 0 Å². The van der Waals surface area contributed by atoms with E-state index in [1.54, 1.807) is 0 Å². The van der Waals surface area contributed by atoms with Crippen LogP contribution in [0.5, 0.6) is 5.75 Å². The molecule has 1 aromatic rings. The Morgan fingerprint density at radius 2 is 2.05 bits per heavy atom. The van der Waals surface area contributed by atoms with Gasteiger partial charge >= 0.3 is 0 Å². The van der Waals surface area contributed by atoms with Crippen LogP contribution < -0.4 is 9.46 Å². The predicted octanol–water partition coefficient (Wildman–Crippen LogP) is 2.07. The van der Waals surface area contributed by atoms with Gasteiger partial charge in [-0.3, -0.25) is 0 Å². The van der Waals surface area contributed by atoms with Gasteiger partial charge in [-0.25, -0.2) is 13.1 Å². The number of nitrogens with one attached hydrogen (secondary N) is 1. The standard InChI is InChI=1S/C15H23NO4S/c1-15(2,3)20-14-7-5-4-6-12(14)10-16-21(17,18)13-8-9-19-11-13/h4-7,13,16H,8-11H2,1-3H3. The van der Waals surface area contributed by atoms with Gasteiger partial charge in [0.25, 0.3) is 0 Å². The maximum Gasteiger partial charge on any atom is 0.217 e. The molecule has 2 rings (SSSR count). The molecule has 0 radical (unpaired) electrons. The predicted molar refractivity (Wildman–Crippen MR) is 81.8 cm³/mol. The minimum absolute atomic E-state index is 0.227. The van der Waals surface area contributed by atoms with Crippen molar-refractivity contribution in [3.8, 4) is 5.75 Å². The molecule has 6 heteroatoms. The quantitative estimate of drug-likeness (QED) is 0.904. The van der Waals surface area contributed by atoms with E-state index in [9.17, 15) is 8.42 Å². The van der Waals surface area contributed by atoms with Crippen LogP contribution in [0.4, 0.5) is 0 Å². The molecule has 1 saturated heterocycles. The third-order valence-corrected chi connectivity index (χ3v) is 4.98. The van der Waals surface area contributed by atoms with Crippen LogP contribution in [0, 0.1) is 0 Å². The third kappa shape index (κ3) is 4.69. The van der Waals surface area contributed by atoms with E-state index in [2.05, 4.69) is 4.72 Å². The fourth-order valence-corrected chi connectivity index (χ4v) is 3.41. The van der Waals surface area contributed by atoms with Gasteiger partial charge in [0, 0.05) is 18.7 Å². The van der Waals surface area contributed by atoms with Crippen LogP contribution in [0.2, 0.25) is 0 Å². The zero-order valence-electron chi connectivity index (χ0n) is 12.8. The highest BCUT2D eigenvalue weighted by Crippen LogP contribution is 2.23. The van der Waals surface area contributed by atoms with Crippen molar-refractivity contribution >= 4 is 10.0 Å². The summed E-state index contributed by atoms with van der Waals surface area (Å²) in [6.07, 6.45) is 0.551. The van der Waals surface area contributed by atoms with Crippen molar-refractivity contribution in [2.24, 2.45) is 0 Å². The van der Waals surface area contributed by atoms with Crippen LogP contribution in [0.15, 0.2) is 24.3 Å². The molecule has 1 aromatic carbocycles. The molecule has 118 valence electrons. The number of para-hydroxylation sites is 1. The van der Waals surface area contributed by atoms with Crippen molar-refractivity contribution in [3.05, 3.63) is 29.8 Å². The molecule has 1 heterocycles. The van der Waals surface area contributed by atoms with E-state index in [0.29, 0.717) is 18.8 Å². The second kappa shape index (κ2) is 6.34. The number of ether oxygens (including phenoxy) is 2. The van der Waals surface area contributed by atoms with Gasteiger partial charge in [0.05, 0.1) is 6.61 Å². The zero-order valence-corrected chi connectivity index (χ0v) is 13.6. The molecule has 0 amide bonds. The molecule has 1 atom stereocenters. The minimum Gasteiger partial charge on any atom is -0.488 e. The van der Waals surface area contributed by atoms with E-state index in [0.717, 1.165) is 5.56 Å². The van der Waals surface area contributed by atoms with Crippen molar-refractivity contribution in [1.82, 2.24) is 4.72 Å². The lowest BCUT2D eigenvalue weighted by atomic mass is 10.1. The largest absolute Gasteiger partial charge is 0.488 e. The number of benzene rings is 1. The van der Waals surface area contributed by atoms with Crippen LogP contribution in [-0.4, -0.2) is 32.5 Å². The van der Waals surface area contributed by atoms with Crippen LogP contribution in [-0.2, 0) is 21.3 Å². The maximum absolute atomic E-state index is 12.2. The maximum atomic E-state index is 12.2. The number of hydrogen-bond donors (Lipinski definition) is 1. The number of rotatable bonds is 5. The Morgan fingerprint density at radius 1 is 1.33 bits per heavy atom. The smallest absolute Gasteiger partial charge is 0.217 e. The Bertz CT molecular complexity index is 572. The highest BCUT2D eigenvalue weighted by atomic mass is 32.2. The highest BCUT2D eigenvalue weighted by molar-refractivity contribution is 7.90. The molecule has 21 heavy (non-hydrogen) atoms. The SMILES string of the molecule is CC(C)(C)Oc1ccccc1CNS(=O)(=O)C1CCOC1. The second-order valence-electron chi connectivity index (χ2n) is 6.17. The fraction of sp³-hybridized carbons (Fsp3) is 0.600. The summed E-state index contributed by atoms with van der Waals surface area (Å²) in [5, 5.41) is -0.451. The van der Waals surface area contributed by atoms with Crippen molar-refractivity contribution in [2.45, 2.75) is 44.6 Å². The summed E-state index contributed by atoms with van der Waals surface area (Å²) in [7, 11) is -3.35. The van der Waals surface area contributed by atoms with E-state index in [-0.39, 0.29) is 18.8 Å². The van der Waals surface area contributed by atoms with E-state index in [1.165, 1.54) is 0 Å². The number of hydrogen-bond acceptors (Lipinski definition) is 4. The molecule has 0 aromatic heterocycles. The Labute approximate surface area is 126 Å². The molecular formula is C15H23NO4S. The van der Waals surface area contributed by atoms with Crippen molar-refractivity contribution < 1.29 is 17.9 Å². The van der Waals surface area contributed by atoms with E-state index >= 15 is 0 Å². The van der Waals surface area contributed by atoms with Gasteiger partial charge in [-0.1, -0.05) is 18.2 Å². The first-order valence-electron chi connectivity index (χ1n) is 7.11. The summed E-state index contributed by atoms with van der Waals surface area (Å²) < 4.78 is 38.0. The molecule has 1 N–H and O–H groups in total. The summed E-state index contributed by atoms with van der Waals surface area (Å²) in [5.74, 6) is 0.704. The number of sulfonamides is 1. The second-order valence-corrected chi connectivity index (χ2v) is 8.22. The molecule has 1 unspecified atom stereocenters. The van der Waals surface area contributed by atoms with Gasteiger partial charge in [0.2, 0.25) is 10.0 Å². The average molecular weight is 313 g/mol. The first-order chi connectivity index (χ1) is 9.78. The van der Waals surface area contributed by atoms with E-state index < -0.39 is 15.3 Å². The van der Waals surface area contributed by atoms with Crippen LogP contribution in [0.25, 0.3) is 0 Å². The molecule has 5 nitrogen and oxygen atoms in total. The summed E-state index contributed by atoms with van der Waals surface area (Å²) in [6.45, 7) is 6.90. The topological polar surface area (TPSA) is 64.6 Å². The van der Waals surface area contributed by atoms with Gasteiger partial charge < -0.3 is 9.47 Å². The molecular weight excluding hydrogens is 290 g/mol. The van der Waals surface area contributed by atoms with E-state index in [4.69, 9.17) is 9.47 Å². The van der Waals surface area contributed by atoms with Crippen molar-refractivity contribution in [2.75, 3.05) is 13.2 Å². The summed E-state index contributed by atoms with van der Waals surface area (Å²) in [5.41, 5.74) is 0.503. The molecule has 0 saturated carbocycles. The molecule has 1 fully saturated rings. The molecule has 0 aliphatic carbocycles. The van der Waals surface area contributed by atoms with Crippen LogP contribution in [0.3, 0.4) is 0 Å². The fourth-order valence-electron chi connectivity index (χ4n) is 2.13. The zero-order chi connectivity index (χ0) is 15.5. The lowest BCUT2D eigenvalue weighted by molar-refractivity contribution is 0.129. The first kappa shape index (κ1) is 16.3. The highest BCUT2D eigenvalue weighted by Gasteiger charge is 2.29. The Hall–Kier alpha value is -1.11. The third-order valence-electron chi connectivity index (χ3n) is 3.18. The normalized spacial score (nSPS) is 19.7. The molecule has 1 aliphatic rings. The Kier molecular flexibility index (Phi) is 4.91. The van der Waals surface area contributed by atoms with Gasteiger partial charge in [0.1, 0.15) is 16.6 Å². The van der Waals surface area contributed by atoms with Crippen LogP contribution >= 0.6 is 0 Å². The monoisotopic (exact) mass is 313 g/mol. The summed E-state index contributed by atoms with van der Waals surface area (Å²) in [4.78, 5) is 0. The Morgan fingerprint density at radius 3 is 2.67 bits per heavy atom. The lowest BCUT2D eigenvalue weighted by Crippen LogP contribution is -2.34. The molecule has 0 bridgehead atoms.